The van der Waals surface area contributed by atoms with Crippen molar-refractivity contribution < 1.29 is 18.7 Å². The lowest BCUT2D eigenvalue weighted by atomic mass is 10.2. The first kappa shape index (κ1) is 23.7. The Labute approximate surface area is 210 Å². The standard InChI is InChI=1S/C28H21FN4O4/c1-17-14-22(28(35)33(32-17)19-6-4-3-5-7-19)27(34)31-18-8-11-26(23(29)15-18)37-25-12-13-30-24-16-20(36-2)9-10-21(24)25/h3-16H,1-2H3,(H,31,34). The number of nitrogens with one attached hydrogen (secondary N) is 1. The molecule has 0 spiro atoms. The number of fused-ring (bicyclic) bond motifs is 1. The summed E-state index contributed by atoms with van der Waals surface area (Å²) < 4.78 is 27.1. The van der Waals surface area contributed by atoms with Crippen LogP contribution in [0.4, 0.5) is 10.1 Å². The second-order valence-corrected chi connectivity index (χ2v) is 8.15. The number of hydrogen-bond acceptors (Lipinski definition) is 6. The highest BCUT2D eigenvalue weighted by molar-refractivity contribution is 6.04. The second-order valence-electron chi connectivity index (χ2n) is 8.15. The highest BCUT2D eigenvalue weighted by Gasteiger charge is 2.17. The first-order chi connectivity index (χ1) is 17.9. The van der Waals surface area contributed by atoms with Crippen LogP contribution in [0.15, 0.2) is 89.9 Å². The number of benzene rings is 3. The van der Waals surface area contributed by atoms with E-state index >= 15 is 0 Å². The Morgan fingerprint density at radius 2 is 1.78 bits per heavy atom. The first-order valence-electron chi connectivity index (χ1n) is 11.3. The zero-order valence-corrected chi connectivity index (χ0v) is 19.9. The van der Waals surface area contributed by atoms with Gasteiger partial charge < -0.3 is 14.8 Å². The number of amides is 1. The summed E-state index contributed by atoms with van der Waals surface area (Å²) in [6.07, 6.45) is 1.56. The van der Waals surface area contributed by atoms with Gasteiger partial charge in [0.15, 0.2) is 11.6 Å². The summed E-state index contributed by atoms with van der Waals surface area (Å²) in [5.74, 6) is -0.348. The predicted molar refractivity (Wildman–Crippen MR) is 137 cm³/mol. The number of methoxy groups -OCH3 is 1. The number of nitrogens with zero attached hydrogens (tertiary/aromatic N) is 3. The van der Waals surface area contributed by atoms with E-state index in [-0.39, 0.29) is 17.0 Å². The number of ether oxygens (including phenoxy) is 2. The normalized spacial score (nSPS) is 10.8. The van der Waals surface area contributed by atoms with Gasteiger partial charge in [0.1, 0.15) is 17.1 Å². The highest BCUT2D eigenvalue weighted by Crippen LogP contribution is 2.32. The molecule has 37 heavy (non-hydrogen) atoms. The SMILES string of the molecule is COc1ccc2c(Oc3ccc(NC(=O)c4cc(C)nn(-c5ccccc5)c4=O)cc3F)ccnc2c1. The molecule has 8 nitrogen and oxygen atoms in total. The van der Waals surface area contributed by atoms with Gasteiger partial charge in [0, 0.05) is 29.4 Å². The monoisotopic (exact) mass is 496 g/mol. The molecule has 1 N–H and O–H groups in total. The molecule has 5 rings (SSSR count). The third kappa shape index (κ3) is 4.87. The molecule has 3 aromatic carbocycles. The maximum Gasteiger partial charge on any atom is 0.284 e. The van der Waals surface area contributed by atoms with Crippen LogP contribution < -0.4 is 20.3 Å². The van der Waals surface area contributed by atoms with Crippen LogP contribution in [0.2, 0.25) is 0 Å². The number of aromatic nitrogens is 3. The van der Waals surface area contributed by atoms with E-state index in [0.29, 0.717) is 33.8 Å². The minimum atomic E-state index is -0.691. The summed E-state index contributed by atoms with van der Waals surface area (Å²) in [7, 11) is 1.56. The second kappa shape index (κ2) is 9.90. The van der Waals surface area contributed by atoms with Crippen molar-refractivity contribution in [1.82, 2.24) is 14.8 Å². The van der Waals surface area contributed by atoms with Crippen LogP contribution in [0.1, 0.15) is 16.1 Å². The van der Waals surface area contributed by atoms with E-state index in [1.807, 2.05) is 6.07 Å². The Hall–Kier alpha value is -5.05. The number of carbonyl (C=O) groups is 1. The van der Waals surface area contributed by atoms with Crippen molar-refractivity contribution in [2.75, 3.05) is 12.4 Å². The number of pyridine rings is 1. The fourth-order valence-electron chi connectivity index (χ4n) is 3.82. The van der Waals surface area contributed by atoms with Gasteiger partial charge in [-0.25, -0.2) is 4.39 Å². The Morgan fingerprint density at radius 3 is 2.54 bits per heavy atom. The Balaban J connectivity index is 1.39. The summed E-state index contributed by atoms with van der Waals surface area (Å²) in [5.41, 5.74) is 1.10. The predicted octanol–water partition coefficient (Wildman–Crippen LogP) is 5.28. The molecule has 0 aliphatic heterocycles. The van der Waals surface area contributed by atoms with Crippen molar-refractivity contribution in [3.63, 3.8) is 0 Å². The van der Waals surface area contributed by atoms with Crippen LogP contribution in [0.5, 0.6) is 17.2 Å². The molecule has 1 amide bonds. The highest BCUT2D eigenvalue weighted by atomic mass is 19.1. The van der Waals surface area contributed by atoms with E-state index in [9.17, 15) is 14.0 Å². The number of halogens is 1. The topological polar surface area (TPSA) is 95.3 Å². The molecule has 2 aromatic heterocycles. The van der Waals surface area contributed by atoms with Crippen molar-refractivity contribution in [3.05, 3.63) is 112 Å². The quantitative estimate of drug-likeness (QED) is 0.344. The van der Waals surface area contributed by atoms with Gasteiger partial charge in [0.2, 0.25) is 0 Å². The lowest BCUT2D eigenvalue weighted by molar-refractivity contribution is 0.102. The van der Waals surface area contributed by atoms with E-state index in [0.717, 1.165) is 10.7 Å². The van der Waals surface area contributed by atoms with Gasteiger partial charge in [-0.05, 0) is 55.5 Å². The van der Waals surface area contributed by atoms with Crippen molar-refractivity contribution in [1.29, 1.82) is 0 Å². The molecule has 9 heteroatoms. The minimum absolute atomic E-state index is 0.0347. The molecule has 0 saturated heterocycles. The maximum atomic E-state index is 14.9. The molecule has 0 atom stereocenters. The average molecular weight is 496 g/mol. The number of para-hydroxylation sites is 1. The lowest BCUT2D eigenvalue weighted by Gasteiger charge is -2.12. The molecular formula is C28H21FN4O4. The van der Waals surface area contributed by atoms with Crippen molar-refractivity contribution in [3.8, 4) is 22.9 Å². The molecule has 0 bridgehead atoms. The molecule has 0 aliphatic carbocycles. The molecule has 184 valence electrons. The summed E-state index contributed by atoms with van der Waals surface area (Å²) in [4.78, 5) is 30.2. The van der Waals surface area contributed by atoms with Crippen LogP contribution >= 0.6 is 0 Å². The molecule has 5 aromatic rings. The third-order valence-corrected chi connectivity index (χ3v) is 5.60. The largest absolute Gasteiger partial charge is 0.497 e. The number of anilines is 1. The van der Waals surface area contributed by atoms with Gasteiger partial charge in [-0.2, -0.15) is 9.78 Å². The van der Waals surface area contributed by atoms with E-state index < -0.39 is 17.3 Å². The van der Waals surface area contributed by atoms with Gasteiger partial charge in [-0.3, -0.25) is 14.6 Å². The fourth-order valence-corrected chi connectivity index (χ4v) is 3.82. The van der Waals surface area contributed by atoms with Crippen LogP contribution in [-0.2, 0) is 0 Å². The average Bonchev–Trinajstić information content (AvgIpc) is 2.91. The molecule has 0 aliphatic rings. The Kier molecular flexibility index (Phi) is 6.34. The molecule has 0 unspecified atom stereocenters. The summed E-state index contributed by atoms with van der Waals surface area (Å²) >= 11 is 0. The van der Waals surface area contributed by atoms with E-state index in [1.165, 1.54) is 18.2 Å². The molecule has 2 heterocycles. The number of carbonyl (C=O) groups excluding carboxylic acids is 1. The summed E-state index contributed by atoms with van der Waals surface area (Å²) in [6.45, 7) is 1.68. The Bertz CT molecular complexity index is 1690. The number of aryl methyl sites for hydroxylation is 1. The van der Waals surface area contributed by atoms with E-state index in [4.69, 9.17) is 9.47 Å². The minimum Gasteiger partial charge on any atom is -0.497 e. The maximum absolute atomic E-state index is 14.9. The van der Waals surface area contributed by atoms with Crippen LogP contribution in [0, 0.1) is 12.7 Å². The third-order valence-electron chi connectivity index (χ3n) is 5.60. The summed E-state index contributed by atoms with van der Waals surface area (Å²) in [5, 5.41) is 7.49. The van der Waals surface area contributed by atoms with Gasteiger partial charge in [0.25, 0.3) is 11.5 Å². The van der Waals surface area contributed by atoms with Crippen LogP contribution in [-0.4, -0.2) is 27.8 Å². The zero-order valence-electron chi connectivity index (χ0n) is 19.9. The fraction of sp³-hybridized carbons (Fsp3) is 0.0714. The van der Waals surface area contributed by atoms with E-state index in [1.54, 1.807) is 68.8 Å². The molecule has 0 fully saturated rings. The number of rotatable bonds is 6. The van der Waals surface area contributed by atoms with Crippen molar-refractivity contribution in [2.24, 2.45) is 0 Å². The number of hydrogen-bond donors (Lipinski definition) is 1. The van der Waals surface area contributed by atoms with Crippen molar-refractivity contribution >= 4 is 22.5 Å². The van der Waals surface area contributed by atoms with Crippen molar-refractivity contribution in [2.45, 2.75) is 6.92 Å². The van der Waals surface area contributed by atoms with Gasteiger partial charge in [-0.1, -0.05) is 18.2 Å². The smallest absolute Gasteiger partial charge is 0.284 e. The van der Waals surface area contributed by atoms with E-state index in [2.05, 4.69) is 15.4 Å². The summed E-state index contributed by atoms with van der Waals surface area (Å²) in [6, 6.07) is 21.1. The van der Waals surface area contributed by atoms with Crippen LogP contribution in [0.3, 0.4) is 0 Å². The first-order valence-corrected chi connectivity index (χ1v) is 11.3. The van der Waals surface area contributed by atoms with Gasteiger partial charge >= 0.3 is 0 Å². The van der Waals surface area contributed by atoms with Crippen LogP contribution in [0.25, 0.3) is 16.6 Å². The molecule has 0 radical (unpaired) electrons. The zero-order chi connectivity index (χ0) is 25.9. The van der Waals surface area contributed by atoms with Gasteiger partial charge in [0.05, 0.1) is 24.0 Å². The Morgan fingerprint density at radius 1 is 0.973 bits per heavy atom. The molecule has 0 saturated carbocycles. The van der Waals surface area contributed by atoms with Gasteiger partial charge in [-0.15, -0.1) is 0 Å². The lowest BCUT2D eigenvalue weighted by Crippen LogP contribution is -2.30. The molecular weight excluding hydrogens is 475 g/mol.